The molecule has 142 valence electrons. The molecule has 0 aliphatic carbocycles. The topological polar surface area (TPSA) is 79.0 Å². The van der Waals surface area contributed by atoms with E-state index in [9.17, 15) is 5.11 Å². The highest BCUT2D eigenvalue weighted by atomic mass is 16.5. The van der Waals surface area contributed by atoms with E-state index in [4.69, 9.17) is 9.15 Å². The van der Waals surface area contributed by atoms with E-state index in [2.05, 4.69) is 15.6 Å². The lowest BCUT2D eigenvalue weighted by Crippen LogP contribution is -2.44. The Morgan fingerprint density at radius 2 is 1.96 bits per heavy atom. The molecule has 0 saturated carbocycles. The molecule has 26 heavy (non-hydrogen) atoms. The molecule has 1 aromatic heterocycles. The molecule has 0 bridgehead atoms. The Morgan fingerprint density at radius 1 is 1.19 bits per heavy atom. The van der Waals surface area contributed by atoms with Crippen LogP contribution in [0.25, 0.3) is 0 Å². The molecule has 0 spiro atoms. The van der Waals surface area contributed by atoms with Crippen molar-refractivity contribution < 1.29 is 14.3 Å². The summed E-state index contributed by atoms with van der Waals surface area (Å²) >= 11 is 0. The predicted octanol–water partition coefficient (Wildman–Crippen LogP) is 2.95. The van der Waals surface area contributed by atoms with Crippen molar-refractivity contribution in [2.45, 2.75) is 39.8 Å². The van der Waals surface area contributed by atoms with Gasteiger partial charge in [0.05, 0.1) is 19.7 Å². The second-order valence-electron chi connectivity index (χ2n) is 6.27. The standard InChI is InChI=1S/C20H29N3O3/c1-5-21-19(22-13-16-9-7-8-10-17(16)25-6-2)23-14-20(4,24)18-12-11-15(3)26-18/h7-12,24H,5-6,13-14H2,1-4H3,(H2,21,22,23). The summed E-state index contributed by atoms with van der Waals surface area (Å²) in [5, 5.41) is 17.0. The van der Waals surface area contributed by atoms with Gasteiger partial charge in [-0.05, 0) is 45.9 Å². The minimum Gasteiger partial charge on any atom is -0.494 e. The van der Waals surface area contributed by atoms with Crippen LogP contribution in [0.1, 0.15) is 37.9 Å². The van der Waals surface area contributed by atoms with Crippen molar-refractivity contribution in [3.8, 4) is 5.75 Å². The van der Waals surface area contributed by atoms with Crippen molar-refractivity contribution in [2.75, 3.05) is 19.7 Å². The molecule has 1 heterocycles. The lowest BCUT2D eigenvalue weighted by atomic mass is 10.0. The molecule has 2 rings (SSSR count). The van der Waals surface area contributed by atoms with Gasteiger partial charge in [0.2, 0.25) is 0 Å². The fourth-order valence-electron chi connectivity index (χ4n) is 2.50. The normalized spacial score (nSPS) is 14.0. The number of furan rings is 1. The Kier molecular flexibility index (Phi) is 7.09. The van der Waals surface area contributed by atoms with Crippen LogP contribution in [0.4, 0.5) is 0 Å². The summed E-state index contributed by atoms with van der Waals surface area (Å²) in [6, 6.07) is 11.5. The SMILES string of the molecule is CCNC(=NCc1ccccc1OCC)NCC(C)(O)c1ccc(C)o1. The number of nitrogens with zero attached hydrogens (tertiary/aromatic N) is 1. The molecule has 0 aliphatic heterocycles. The average Bonchev–Trinajstić information content (AvgIpc) is 3.06. The van der Waals surface area contributed by atoms with Gasteiger partial charge >= 0.3 is 0 Å². The third-order valence-electron chi connectivity index (χ3n) is 3.90. The fraction of sp³-hybridized carbons (Fsp3) is 0.450. The zero-order valence-corrected chi connectivity index (χ0v) is 16.0. The van der Waals surface area contributed by atoms with Gasteiger partial charge in [-0.25, -0.2) is 4.99 Å². The zero-order chi connectivity index (χ0) is 19.0. The molecule has 1 atom stereocenters. The number of ether oxygens (including phenoxy) is 1. The number of aryl methyl sites for hydroxylation is 1. The number of hydrogen-bond donors (Lipinski definition) is 3. The minimum absolute atomic E-state index is 0.277. The van der Waals surface area contributed by atoms with Gasteiger partial charge in [-0.3, -0.25) is 0 Å². The molecule has 0 saturated heterocycles. The molecule has 3 N–H and O–H groups in total. The van der Waals surface area contributed by atoms with Crippen LogP contribution in [0.3, 0.4) is 0 Å². The average molecular weight is 359 g/mol. The predicted molar refractivity (Wildman–Crippen MR) is 103 cm³/mol. The van der Waals surface area contributed by atoms with Gasteiger partial charge in [-0.2, -0.15) is 0 Å². The minimum atomic E-state index is -1.13. The maximum Gasteiger partial charge on any atom is 0.191 e. The maximum absolute atomic E-state index is 10.7. The van der Waals surface area contributed by atoms with Crippen LogP contribution in [0.2, 0.25) is 0 Å². The number of para-hydroxylation sites is 1. The summed E-state index contributed by atoms with van der Waals surface area (Å²) in [6.07, 6.45) is 0. The van der Waals surface area contributed by atoms with Gasteiger partial charge in [0.15, 0.2) is 5.96 Å². The number of aliphatic imine (C=N–C) groups is 1. The van der Waals surface area contributed by atoms with Crippen molar-refractivity contribution in [1.29, 1.82) is 0 Å². The Hall–Kier alpha value is -2.47. The first kappa shape index (κ1) is 19.8. The molecule has 6 nitrogen and oxygen atoms in total. The lowest BCUT2D eigenvalue weighted by Gasteiger charge is -2.23. The van der Waals surface area contributed by atoms with Crippen molar-refractivity contribution in [3.05, 3.63) is 53.5 Å². The van der Waals surface area contributed by atoms with Gasteiger partial charge < -0.3 is 24.9 Å². The number of nitrogens with one attached hydrogen (secondary N) is 2. The Morgan fingerprint density at radius 3 is 2.62 bits per heavy atom. The third-order valence-corrected chi connectivity index (χ3v) is 3.90. The zero-order valence-electron chi connectivity index (χ0n) is 16.0. The summed E-state index contributed by atoms with van der Waals surface area (Å²) in [5.41, 5.74) is -0.117. The molecule has 0 amide bonds. The van der Waals surface area contributed by atoms with E-state index in [-0.39, 0.29) is 6.54 Å². The Bertz CT molecular complexity index is 723. The van der Waals surface area contributed by atoms with Crippen molar-refractivity contribution in [1.82, 2.24) is 10.6 Å². The fourth-order valence-corrected chi connectivity index (χ4v) is 2.50. The summed E-state index contributed by atoms with van der Waals surface area (Å²) in [4.78, 5) is 4.60. The summed E-state index contributed by atoms with van der Waals surface area (Å²) in [6.45, 7) is 9.63. The molecule has 1 unspecified atom stereocenters. The molecule has 0 aliphatic rings. The van der Waals surface area contributed by atoms with Crippen LogP contribution in [-0.4, -0.2) is 30.8 Å². The van der Waals surface area contributed by atoms with Gasteiger partial charge in [0.1, 0.15) is 22.9 Å². The Labute approximate surface area is 155 Å². The number of hydrogen-bond acceptors (Lipinski definition) is 4. The van der Waals surface area contributed by atoms with E-state index in [0.717, 1.165) is 23.6 Å². The molecule has 0 radical (unpaired) electrons. The van der Waals surface area contributed by atoms with Crippen molar-refractivity contribution in [2.24, 2.45) is 4.99 Å². The number of benzene rings is 1. The molecular formula is C20H29N3O3. The van der Waals surface area contributed by atoms with Gasteiger partial charge in [-0.1, -0.05) is 18.2 Å². The molecule has 1 aromatic carbocycles. The highest BCUT2D eigenvalue weighted by Gasteiger charge is 2.27. The van der Waals surface area contributed by atoms with E-state index in [1.807, 2.05) is 51.1 Å². The first-order chi connectivity index (χ1) is 12.5. The Balaban J connectivity index is 2.05. The largest absolute Gasteiger partial charge is 0.494 e. The highest BCUT2D eigenvalue weighted by Crippen LogP contribution is 2.22. The van der Waals surface area contributed by atoms with Gasteiger partial charge in [0.25, 0.3) is 0 Å². The van der Waals surface area contributed by atoms with Gasteiger partial charge in [0, 0.05) is 12.1 Å². The first-order valence-electron chi connectivity index (χ1n) is 8.98. The second-order valence-corrected chi connectivity index (χ2v) is 6.27. The number of rotatable bonds is 8. The van der Waals surface area contributed by atoms with Crippen LogP contribution in [0.15, 0.2) is 45.8 Å². The molecular weight excluding hydrogens is 330 g/mol. The van der Waals surface area contributed by atoms with E-state index in [1.165, 1.54) is 0 Å². The molecule has 0 fully saturated rings. The second kappa shape index (κ2) is 9.29. The van der Waals surface area contributed by atoms with Gasteiger partial charge in [-0.15, -0.1) is 0 Å². The smallest absolute Gasteiger partial charge is 0.191 e. The van der Waals surface area contributed by atoms with E-state index < -0.39 is 5.60 Å². The summed E-state index contributed by atoms with van der Waals surface area (Å²) in [7, 11) is 0. The van der Waals surface area contributed by atoms with Crippen LogP contribution in [0, 0.1) is 6.92 Å². The van der Waals surface area contributed by atoms with E-state index in [1.54, 1.807) is 13.0 Å². The highest BCUT2D eigenvalue weighted by molar-refractivity contribution is 5.79. The summed E-state index contributed by atoms with van der Waals surface area (Å²) < 4.78 is 11.2. The van der Waals surface area contributed by atoms with E-state index in [0.29, 0.717) is 24.9 Å². The van der Waals surface area contributed by atoms with Crippen LogP contribution in [0.5, 0.6) is 5.75 Å². The monoisotopic (exact) mass is 359 g/mol. The molecule has 6 heteroatoms. The van der Waals surface area contributed by atoms with Crippen LogP contribution in [-0.2, 0) is 12.1 Å². The lowest BCUT2D eigenvalue weighted by molar-refractivity contribution is 0.0378. The van der Waals surface area contributed by atoms with Crippen LogP contribution >= 0.6 is 0 Å². The third kappa shape index (κ3) is 5.52. The maximum atomic E-state index is 10.7. The quantitative estimate of drug-likeness (QED) is 0.499. The number of aliphatic hydroxyl groups is 1. The summed E-state index contributed by atoms with van der Waals surface area (Å²) in [5.74, 6) is 2.77. The number of guanidine groups is 1. The van der Waals surface area contributed by atoms with Crippen LogP contribution < -0.4 is 15.4 Å². The molecule has 2 aromatic rings. The van der Waals surface area contributed by atoms with Crippen molar-refractivity contribution in [3.63, 3.8) is 0 Å². The van der Waals surface area contributed by atoms with E-state index >= 15 is 0 Å². The van der Waals surface area contributed by atoms with Crippen molar-refractivity contribution >= 4 is 5.96 Å². The first-order valence-corrected chi connectivity index (χ1v) is 8.98.